The van der Waals surface area contributed by atoms with Gasteiger partial charge in [-0.05, 0) is 50.3 Å². The van der Waals surface area contributed by atoms with Crippen LogP contribution in [0.15, 0.2) is 0 Å². The Labute approximate surface area is 93.7 Å². The molecule has 2 aliphatic rings. The Balaban J connectivity index is 1.93. The zero-order valence-electron chi connectivity index (χ0n) is 9.34. The van der Waals surface area contributed by atoms with Gasteiger partial charge in [0.05, 0.1) is 0 Å². The van der Waals surface area contributed by atoms with Crippen molar-refractivity contribution in [2.75, 3.05) is 18.8 Å². The molecule has 0 aromatic rings. The number of thiol groups is 1. The lowest BCUT2D eigenvalue weighted by Crippen LogP contribution is -2.39. The Morgan fingerprint density at radius 3 is 2.50 bits per heavy atom. The summed E-state index contributed by atoms with van der Waals surface area (Å²) in [6.07, 6.45) is 8.51. The van der Waals surface area contributed by atoms with Gasteiger partial charge in [0.15, 0.2) is 0 Å². The van der Waals surface area contributed by atoms with E-state index in [1.165, 1.54) is 51.6 Å². The summed E-state index contributed by atoms with van der Waals surface area (Å²) in [4.78, 5) is 2.70. The lowest BCUT2D eigenvalue weighted by Gasteiger charge is -2.34. The molecule has 1 aliphatic heterocycles. The van der Waals surface area contributed by atoms with E-state index in [1.54, 1.807) is 0 Å². The largest absolute Gasteiger partial charge is 0.300 e. The molecular formula is C12H23NS. The fourth-order valence-corrected chi connectivity index (χ4v) is 3.57. The van der Waals surface area contributed by atoms with Crippen LogP contribution in [0.2, 0.25) is 0 Å². The molecule has 82 valence electrons. The standard InChI is InChI=1S/C12H23NS/c1-11-5-4-8-13(11)9-12(10-14)6-2-3-7-12/h11,14H,2-10H2,1H3. The average Bonchev–Trinajstić information content (AvgIpc) is 2.79. The molecule has 0 amide bonds. The molecule has 0 aromatic carbocycles. The Morgan fingerprint density at radius 2 is 2.00 bits per heavy atom. The lowest BCUT2D eigenvalue weighted by atomic mass is 9.87. The van der Waals surface area contributed by atoms with Gasteiger partial charge < -0.3 is 4.90 Å². The van der Waals surface area contributed by atoms with Gasteiger partial charge >= 0.3 is 0 Å². The number of nitrogens with zero attached hydrogens (tertiary/aromatic N) is 1. The van der Waals surface area contributed by atoms with Crippen LogP contribution in [-0.2, 0) is 0 Å². The van der Waals surface area contributed by atoms with Crippen LogP contribution in [0.1, 0.15) is 45.4 Å². The highest BCUT2D eigenvalue weighted by molar-refractivity contribution is 7.80. The molecule has 14 heavy (non-hydrogen) atoms. The van der Waals surface area contributed by atoms with E-state index < -0.39 is 0 Å². The number of rotatable bonds is 3. The van der Waals surface area contributed by atoms with Crippen molar-refractivity contribution in [3.63, 3.8) is 0 Å². The molecule has 1 unspecified atom stereocenters. The fourth-order valence-electron chi connectivity index (χ4n) is 3.15. The summed E-state index contributed by atoms with van der Waals surface area (Å²) in [6, 6.07) is 0.826. The molecule has 2 fully saturated rings. The third-order valence-electron chi connectivity index (χ3n) is 4.23. The first-order chi connectivity index (χ1) is 6.76. The molecule has 2 heteroatoms. The summed E-state index contributed by atoms with van der Waals surface area (Å²) in [5, 5.41) is 0. The lowest BCUT2D eigenvalue weighted by molar-refractivity contribution is 0.166. The highest BCUT2D eigenvalue weighted by Crippen LogP contribution is 2.40. The van der Waals surface area contributed by atoms with Crippen molar-refractivity contribution in [1.82, 2.24) is 4.90 Å². The molecule has 0 bridgehead atoms. The van der Waals surface area contributed by atoms with Crippen molar-refractivity contribution >= 4 is 12.6 Å². The van der Waals surface area contributed by atoms with E-state index in [9.17, 15) is 0 Å². The minimum Gasteiger partial charge on any atom is -0.300 e. The molecule has 1 nitrogen and oxygen atoms in total. The third-order valence-corrected chi connectivity index (χ3v) is 4.90. The van der Waals surface area contributed by atoms with Crippen LogP contribution in [0.25, 0.3) is 0 Å². The average molecular weight is 213 g/mol. The van der Waals surface area contributed by atoms with Crippen molar-refractivity contribution < 1.29 is 0 Å². The molecule has 0 N–H and O–H groups in total. The highest BCUT2D eigenvalue weighted by Gasteiger charge is 2.36. The molecule has 0 radical (unpaired) electrons. The Morgan fingerprint density at radius 1 is 1.29 bits per heavy atom. The van der Waals surface area contributed by atoms with E-state index in [0.29, 0.717) is 5.41 Å². The van der Waals surface area contributed by atoms with Crippen molar-refractivity contribution in [2.45, 2.75) is 51.5 Å². The van der Waals surface area contributed by atoms with Crippen LogP contribution in [0.3, 0.4) is 0 Å². The second-order valence-electron chi connectivity index (χ2n) is 5.33. The maximum absolute atomic E-state index is 4.58. The third kappa shape index (κ3) is 2.11. The molecule has 2 rings (SSSR count). The molecule has 1 atom stereocenters. The molecule has 1 aliphatic carbocycles. The molecule has 1 saturated heterocycles. The molecule has 1 saturated carbocycles. The predicted octanol–water partition coefficient (Wildman–Crippen LogP) is 2.96. The highest BCUT2D eigenvalue weighted by atomic mass is 32.1. The van der Waals surface area contributed by atoms with Gasteiger partial charge in [-0.1, -0.05) is 12.8 Å². The monoisotopic (exact) mass is 213 g/mol. The summed E-state index contributed by atoms with van der Waals surface area (Å²) in [5.41, 5.74) is 0.571. The number of hydrogen-bond donors (Lipinski definition) is 1. The second-order valence-corrected chi connectivity index (χ2v) is 5.64. The second kappa shape index (κ2) is 4.44. The van der Waals surface area contributed by atoms with Crippen molar-refractivity contribution in [3.8, 4) is 0 Å². The minimum absolute atomic E-state index is 0.571. The topological polar surface area (TPSA) is 3.24 Å². The van der Waals surface area contributed by atoms with Crippen LogP contribution < -0.4 is 0 Å². The first kappa shape index (κ1) is 10.8. The van der Waals surface area contributed by atoms with Gasteiger partial charge in [0.1, 0.15) is 0 Å². The minimum atomic E-state index is 0.571. The van der Waals surface area contributed by atoms with Gasteiger partial charge in [0.25, 0.3) is 0 Å². The van der Waals surface area contributed by atoms with E-state index in [-0.39, 0.29) is 0 Å². The first-order valence-electron chi connectivity index (χ1n) is 6.11. The van der Waals surface area contributed by atoms with Crippen LogP contribution >= 0.6 is 12.6 Å². The van der Waals surface area contributed by atoms with Gasteiger partial charge in [-0.25, -0.2) is 0 Å². The predicted molar refractivity (Wildman–Crippen MR) is 65.0 cm³/mol. The van der Waals surface area contributed by atoms with Crippen LogP contribution in [0.5, 0.6) is 0 Å². The summed E-state index contributed by atoms with van der Waals surface area (Å²) >= 11 is 4.58. The zero-order valence-corrected chi connectivity index (χ0v) is 10.2. The van der Waals surface area contributed by atoms with E-state index in [0.717, 1.165) is 11.8 Å². The number of likely N-dealkylation sites (tertiary alicyclic amines) is 1. The summed E-state index contributed by atoms with van der Waals surface area (Å²) in [7, 11) is 0. The normalized spacial score (nSPS) is 32.6. The van der Waals surface area contributed by atoms with Crippen LogP contribution in [0, 0.1) is 5.41 Å². The summed E-state index contributed by atoms with van der Waals surface area (Å²) < 4.78 is 0. The molecule has 0 aromatic heterocycles. The van der Waals surface area contributed by atoms with Gasteiger partial charge in [-0.15, -0.1) is 0 Å². The zero-order chi connectivity index (χ0) is 10.0. The quantitative estimate of drug-likeness (QED) is 0.705. The maximum Gasteiger partial charge on any atom is 0.00676 e. The Bertz CT molecular complexity index is 187. The summed E-state index contributed by atoms with van der Waals surface area (Å²) in [5.74, 6) is 1.09. The van der Waals surface area contributed by atoms with Gasteiger partial charge in [0.2, 0.25) is 0 Å². The van der Waals surface area contributed by atoms with Crippen molar-refractivity contribution in [3.05, 3.63) is 0 Å². The Hall–Kier alpha value is 0.310. The first-order valence-corrected chi connectivity index (χ1v) is 6.74. The molecular weight excluding hydrogens is 190 g/mol. The van der Waals surface area contributed by atoms with Gasteiger partial charge in [-0.2, -0.15) is 12.6 Å². The fraction of sp³-hybridized carbons (Fsp3) is 1.00. The SMILES string of the molecule is CC1CCCN1CC1(CS)CCCC1. The molecule has 0 spiro atoms. The van der Waals surface area contributed by atoms with E-state index in [1.807, 2.05) is 0 Å². The van der Waals surface area contributed by atoms with E-state index in [4.69, 9.17) is 0 Å². The van der Waals surface area contributed by atoms with E-state index >= 15 is 0 Å². The maximum atomic E-state index is 4.58. The van der Waals surface area contributed by atoms with Crippen LogP contribution in [-0.4, -0.2) is 29.8 Å². The Kier molecular flexibility index (Phi) is 3.43. The van der Waals surface area contributed by atoms with Gasteiger partial charge in [-0.3, -0.25) is 0 Å². The number of hydrogen-bond acceptors (Lipinski definition) is 2. The van der Waals surface area contributed by atoms with Crippen LogP contribution in [0.4, 0.5) is 0 Å². The smallest absolute Gasteiger partial charge is 0.00676 e. The van der Waals surface area contributed by atoms with Crippen molar-refractivity contribution in [2.24, 2.45) is 5.41 Å². The van der Waals surface area contributed by atoms with Gasteiger partial charge in [0, 0.05) is 12.6 Å². The van der Waals surface area contributed by atoms with E-state index in [2.05, 4.69) is 24.5 Å². The van der Waals surface area contributed by atoms with Crippen molar-refractivity contribution in [1.29, 1.82) is 0 Å². The summed E-state index contributed by atoms with van der Waals surface area (Å²) in [6.45, 7) is 5.03. The molecule has 1 heterocycles.